The molecule has 4 fully saturated rings. The fourth-order valence-corrected chi connectivity index (χ4v) is 4.12. The lowest BCUT2D eigenvalue weighted by molar-refractivity contribution is -0.138. The molecule has 6 heteroatoms. The minimum Gasteiger partial charge on any atom is -0.384 e. The number of anilines is 1. The van der Waals surface area contributed by atoms with Crippen molar-refractivity contribution in [2.75, 3.05) is 25.4 Å². The van der Waals surface area contributed by atoms with Crippen LogP contribution in [0.2, 0.25) is 0 Å². The first-order chi connectivity index (χ1) is 11.6. The van der Waals surface area contributed by atoms with Crippen LogP contribution in [0.4, 0.5) is 5.82 Å². The lowest BCUT2D eigenvalue weighted by atomic mass is 9.84. The van der Waals surface area contributed by atoms with Gasteiger partial charge in [-0.1, -0.05) is 6.42 Å². The average molecular weight is 328 g/mol. The molecule has 4 aliphatic rings. The Morgan fingerprint density at radius 3 is 2.58 bits per heavy atom. The molecule has 6 nitrogen and oxygen atoms in total. The average Bonchev–Trinajstić information content (AvgIpc) is 2.85. The summed E-state index contributed by atoms with van der Waals surface area (Å²) in [6.07, 6.45) is 6.87. The molecule has 4 heterocycles. The molecule has 1 saturated carbocycles. The summed E-state index contributed by atoms with van der Waals surface area (Å²) in [5.41, 5.74) is 6.19. The maximum Gasteiger partial charge on any atom is 0.255 e. The van der Waals surface area contributed by atoms with E-state index in [1.807, 2.05) is 9.80 Å². The summed E-state index contributed by atoms with van der Waals surface area (Å²) in [5.74, 6) is 1.35. The molecule has 2 amide bonds. The fourth-order valence-electron chi connectivity index (χ4n) is 4.12. The molecule has 2 bridgehead atoms. The van der Waals surface area contributed by atoms with Gasteiger partial charge in [0.25, 0.3) is 5.91 Å². The van der Waals surface area contributed by atoms with Gasteiger partial charge < -0.3 is 15.5 Å². The van der Waals surface area contributed by atoms with Gasteiger partial charge in [-0.2, -0.15) is 0 Å². The number of nitrogen functional groups attached to an aromatic ring is 1. The van der Waals surface area contributed by atoms with Crippen LogP contribution in [-0.4, -0.2) is 52.3 Å². The lowest BCUT2D eigenvalue weighted by Gasteiger charge is -2.36. The van der Waals surface area contributed by atoms with E-state index in [1.165, 1.54) is 6.42 Å². The number of rotatable bonds is 2. The summed E-state index contributed by atoms with van der Waals surface area (Å²) in [6.45, 7) is 2.22. The monoisotopic (exact) mass is 328 g/mol. The molecule has 0 unspecified atom stereocenters. The molecule has 1 aromatic rings. The minimum atomic E-state index is 0.00939. The molecule has 1 aliphatic carbocycles. The van der Waals surface area contributed by atoms with E-state index in [1.54, 1.807) is 18.3 Å². The number of nitrogens with zero attached hydrogens (tertiary/aromatic N) is 3. The summed E-state index contributed by atoms with van der Waals surface area (Å²) < 4.78 is 0. The Morgan fingerprint density at radius 1 is 1.08 bits per heavy atom. The van der Waals surface area contributed by atoms with Crippen LogP contribution in [-0.2, 0) is 4.79 Å². The number of amides is 2. The smallest absolute Gasteiger partial charge is 0.255 e. The zero-order valence-electron chi connectivity index (χ0n) is 13.9. The third-order valence-electron chi connectivity index (χ3n) is 5.77. The largest absolute Gasteiger partial charge is 0.384 e. The maximum absolute atomic E-state index is 12.9. The number of hydrogen-bond donors (Lipinski definition) is 1. The lowest BCUT2D eigenvalue weighted by Crippen LogP contribution is -2.48. The Hall–Kier alpha value is -2.11. The third kappa shape index (κ3) is 2.74. The first kappa shape index (κ1) is 15.4. The van der Waals surface area contributed by atoms with E-state index in [4.69, 9.17) is 5.73 Å². The molecule has 5 rings (SSSR count). The number of carbonyl (C=O) groups excluding carboxylic acids is 2. The zero-order chi connectivity index (χ0) is 16.7. The summed E-state index contributed by atoms with van der Waals surface area (Å²) in [7, 11) is 0. The van der Waals surface area contributed by atoms with Crippen molar-refractivity contribution >= 4 is 17.6 Å². The molecule has 0 spiro atoms. The Morgan fingerprint density at radius 2 is 1.92 bits per heavy atom. The highest BCUT2D eigenvalue weighted by Crippen LogP contribution is 2.33. The van der Waals surface area contributed by atoms with E-state index in [0.29, 0.717) is 29.8 Å². The number of piperidine rings is 1. The zero-order valence-corrected chi connectivity index (χ0v) is 13.9. The normalized spacial score (nSPS) is 26.8. The number of aromatic nitrogens is 1. The Kier molecular flexibility index (Phi) is 3.90. The van der Waals surface area contributed by atoms with Gasteiger partial charge in [0.15, 0.2) is 0 Å². The van der Waals surface area contributed by atoms with Crippen molar-refractivity contribution in [2.24, 2.45) is 11.8 Å². The van der Waals surface area contributed by atoms with Crippen molar-refractivity contribution in [1.29, 1.82) is 0 Å². The molecule has 3 aliphatic heterocycles. The molecule has 2 atom stereocenters. The predicted molar refractivity (Wildman–Crippen MR) is 90.1 cm³/mol. The number of nitrogens with two attached hydrogens (primary N) is 1. The van der Waals surface area contributed by atoms with Crippen molar-refractivity contribution < 1.29 is 9.59 Å². The van der Waals surface area contributed by atoms with Gasteiger partial charge in [-0.15, -0.1) is 0 Å². The van der Waals surface area contributed by atoms with Crippen LogP contribution in [0.1, 0.15) is 42.5 Å². The number of fused-ring (bicyclic) bond motifs is 4. The standard InChI is InChI=1S/C18H24N4O2/c19-16-7-5-14(8-20-16)18(24)22-10-12-4-6-15(22)11-21(9-12)17(23)13-2-1-3-13/h5,7-8,12-13,15H,1-4,6,9-11H2,(H2,19,20)/t12-,15+/m1/s1. The fraction of sp³-hybridized carbons (Fsp3) is 0.611. The van der Waals surface area contributed by atoms with Crippen molar-refractivity contribution in [3.05, 3.63) is 23.9 Å². The number of hydrogen-bond acceptors (Lipinski definition) is 4. The van der Waals surface area contributed by atoms with Crippen molar-refractivity contribution in [1.82, 2.24) is 14.8 Å². The molecular weight excluding hydrogens is 304 g/mol. The van der Waals surface area contributed by atoms with Gasteiger partial charge in [-0.05, 0) is 43.7 Å². The van der Waals surface area contributed by atoms with Crippen molar-refractivity contribution in [3.8, 4) is 0 Å². The molecular formula is C18H24N4O2. The molecule has 3 saturated heterocycles. The van der Waals surface area contributed by atoms with E-state index in [0.717, 1.165) is 38.8 Å². The first-order valence-corrected chi connectivity index (χ1v) is 8.93. The van der Waals surface area contributed by atoms with Crippen LogP contribution >= 0.6 is 0 Å². The van der Waals surface area contributed by atoms with Gasteiger partial charge >= 0.3 is 0 Å². The highest BCUT2D eigenvalue weighted by atomic mass is 16.2. The Bertz CT molecular complexity index is 641. The first-order valence-electron chi connectivity index (χ1n) is 8.93. The van der Waals surface area contributed by atoms with E-state index in [2.05, 4.69) is 4.98 Å². The second-order valence-electron chi connectivity index (χ2n) is 7.40. The van der Waals surface area contributed by atoms with Gasteiger partial charge in [0, 0.05) is 37.8 Å². The second-order valence-corrected chi connectivity index (χ2v) is 7.40. The van der Waals surface area contributed by atoms with Crippen LogP contribution in [0.3, 0.4) is 0 Å². The van der Waals surface area contributed by atoms with E-state index < -0.39 is 0 Å². The summed E-state index contributed by atoms with van der Waals surface area (Å²) in [6, 6.07) is 3.52. The Balaban J connectivity index is 1.51. The number of pyridine rings is 1. The van der Waals surface area contributed by atoms with E-state index in [-0.39, 0.29) is 17.9 Å². The maximum atomic E-state index is 12.9. The molecule has 1 aromatic heterocycles. The highest BCUT2D eigenvalue weighted by Gasteiger charge is 2.40. The van der Waals surface area contributed by atoms with Gasteiger partial charge in [0.2, 0.25) is 5.91 Å². The SMILES string of the molecule is Nc1ccc(C(=O)N2C[C@@H]3CC[C@H]2CN(C(=O)C2CCC2)C3)cn1. The summed E-state index contributed by atoms with van der Waals surface area (Å²) in [4.78, 5) is 33.5. The molecule has 0 aromatic carbocycles. The molecule has 2 N–H and O–H groups in total. The quantitative estimate of drug-likeness (QED) is 0.893. The molecule has 128 valence electrons. The Labute approximate surface area is 142 Å². The van der Waals surface area contributed by atoms with Crippen molar-refractivity contribution in [3.63, 3.8) is 0 Å². The highest BCUT2D eigenvalue weighted by molar-refractivity contribution is 5.94. The number of carbonyl (C=O) groups is 2. The summed E-state index contributed by atoms with van der Waals surface area (Å²) in [5, 5.41) is 0. The van der Waals surface area contributed by atoms with Crippen LogP contribution in [0.25, 0.3) is 0 Å². The van der Waals surface area contributed by atoms with E-state index in [9.17, 15) is 9.59 Å². The molecule has 24 heavy (non-hydrogen) atoms. The molecule has 0 radical (unpaired) electrons. The summed E-state index contributed by atoms with van der Waals surface area (Å²) >= 11 is 0. The van der Waals surface area contributed by atoms with Gasteiger partial charge in [0.05, 0.1) is 5.56 Å². The second kappa shape index (κ2) is 6.07. The predicted octanol–water partition coefficient (Wildman–Crippen LogP) is 1.53. The van der Waals surface area contributed by atoms with Crippen LogP contribution < -0.4 is 5.73 Å². The van der Waals surface area contributed by atoms with Crippen LogP contribution in [0.5, 0.6) is 0 Å². The van der Waals surface area contributed by atoms with Gasteiger partial charge in [-0.3, -0.25) is 9.59 Å². The minimum absolute atomic E-state index is 0.00939. The van der Waals surface area contributed by atoms with Gasteiger partial charge in [0.1, 0.15) is 5.82 Å². The van der Waals surface area contributed by atoms with Crippen LogP contribution in [0.15, 0.2) is 18.3 Å². The third-order valence-corrected chi connectivity index (χ3v) is 5.77. The van der Waals surface area contributed by atoms with Gasteiger partial charge in [-0.25, -0.2) is 4.98 Å². The van der Waals surface area contributed by atoms with Crippen molar-refractivity contribution in [2.45, 2.75) is 38.1 Å². The topological polar surface area (TPSA) is 79.5 Å². The van der Waals surface area contributed by atoms with Crippen LogP contribution in [0, 0.1) is 11.8 Å². The van der Waals surface area contributed by atoms with E-state index >= 15 is 0 Å².